The molecule has 0 radical (unpaired) electrons. The van der Waals surface area contributed by atoms with Gasteiger partial charge in [0.2, 0.25) is 5.43 Å². The molecule has 2 aromatic heterocycles. The molecule has 9 nitrogen and oxygen atoms in total. The number of amides is 1. The number of carboxylic acid groups (broad SMARTS) is 1. The third kappa shape index (κ3) is 4.58. The maximum atomic E-state index is 15.1. The van der Waals surface area contributed by atoms with Crippen molar-refractivity contribution in [1.29, 1.82) is 0 Å². The quantitative estimate of drug-likeness (QED) is 0.705. The van der Waals surface area contributed by atoms with E-state index in [-0.39, 0.29) is 34.8 Å². The summed E-state index contributed by atoms with van der Waals surface area (Å²) in [7, 11) is 1.70. The van der Waals surface area contributed by atoms with Gasteiger partial charge in [-0.1, -0.05) is 0 Å². The monoisotopic (exact) mass is 474 g/mol. The zero-order valence-electron chi connectivity index (χ0n) is 20.2. The Balaban J connectivity index is 1.61. The van der Waals surface area contributed by atoms with Gasteiger partial charge in [-0.3, -0.25) is 4.79 Å². The summed E-state index contributed by atoms with van der Waals surface area (Å²) in [5.74, 6) is -1.78. The van der Waals surface area contributed by atoms with Crippen LogP contribution in [0.3, 0.4) is 0 Å². The number of anilines is 1. The number of halogens is 1. The van der Waals surface area contributed by atoms with Crippen molar-refractivity contribution >= 4 is 28.9 Å². The van der Waals surface area contributed by atoms with Crippen LogP contribution in [-0.2, 0) is 4.74 Å². The minimum atomic E-state index is -1.34. The predicted octanol–water partition coefficient (Wildman–Crippen LogP) is 3.65. The summed E-state index contributed by atoms with van der Waals surface area (Å²) in [4.78, 5) is 44.6. The molecule has 4 rings (SSSR count). The number of aromatic carboxylic acids is 1. The lowest BCUT2D eigenvalue weighted by atomic mass is 10.00. The fourth-order valence-electron chi connectivity index (χ4n) is 4.43. The summed E-state index contributed by atoms with van der Waals surface area (Å²) < 4.78 is 22.3. The Hall–Kier alpha value is -3.17. The van der Waals surface area contributed by atoms with Gasteiger partial charge in [0.15, 0.2) is 11.6 Å². The second kappa shape index (κ2) is 8.56. The zero-order chi connectivity index (χ0) is 24.9. The number of carbonyl (C=O) groups is 2. The maximum Gasteiger partial charge on any atom is 0.410 e. The van der Waals surface area contributed by atoms with Crippen LogP contribution >= 0.6 is 0 Å². The first-order chi connectivity index (χ1) is 15.9. The molecule has 10 heteroatoms. The van der Waals surface area contributed by atoms with Crippen molar-refractivity contribution in [2.24, 2.45) is 5.92 Å². The van der Waals surface area contributed by atoms with Crippen molar-refractivity contribution in [1.82, 2.24) is 14.5 Å². The summed E-state index contributed by atoms with van der Waals surface area (Å²) in [6.07, 6.45) is 3.36. The SMILES string of the molecule is C[C@H]([C@@H]1CCN(c2nc3c(cc2F)c(=O)c(C(=O)O)cn3C2CC2)C1)N(C)C(=O)OC(C)(C)C. The van der Waals surface area contributed by atoms with E-state index in [0.717, 1.165) is 25.3 Å². The van der Waals surface area contributed by atoms with Crippen LogP contribution in [-0.4, -0.2) is 63.4 Å². The zero-order valence-corrected chi connectivity index (χ0v) is 20.2. The van der Waals surface area contributed by atoms with E-state index in [2.05, 4.69) is 4.98 Å². The first kappa shape index (κ1) is 24.0. The molecule has 184 valence electrons. The van der Waals surface area contributed by atoms with Crippen LogP contribution in [0.1, 0.15) is 63.4 Å². The van der Waals surface area contributed by atoms with E-state index in [0.29, 0.717) is 18.7 Å². The molecule has 1 N–H and O–H groups in total. The van der Waals surface area contributed by atoms with Gasteiger partial charge < -0.3 is 24.2 Å². The fraction of sp³-hybridized carbons (Fsp3) is 0.583. The third-order valence-corrected chi connectivity index (χ3v) is 6.61. The predicted molar refractivity (Wildman–Crippen MR) is 125 cm³/mol. The molecule has 3 heterocycles. The number of nitrogens with zero attached hydrogens (tertiary/aromatic N) is 4. The number of fused-ring (bicyclic) bond motifs is 1. The average Bonchev–Trinajstić information content (AvgIpc) is 3.47. The summed E-state index contributed by atoms with van der Waals surface area (Å²) in [6.45, 7) is 8.43. The number of hydrogen-bond acceptors (Lipinski definition) is 6. The molecule has 0 unspecified atom stereocenters. The number of hydrogen-bond donors (Lipinski definition) is 1. The molecule has 1 aliphatic carbocycles. The number of ether oxygens (including phenoxy) is 1. The van der Waals surface area contributed by atoms with Crippen LogP contribution in [0.25, 0.3) is 11.0 Å². The van der Waals surface area contributed by atoms with Crippen LogP contribution in [0.2, 0.25) is 0 Å². The second-order valence-electron chi connectivity index (χ2n) is 10.3. The van der Waals surface area contributed by atoms with E-state index in [4.69, 9.17) is 4.74 Å². The molecule has 34 heavy (non-hydrogen) atoms. The highest BCUT2D eigenvalue weighted by Crippen LogP contribution is 2.37. The Bertz CT molecular complexity index is 1200. The van der Waals surface area contributed by atoms with Crippen LogP contribution < -0.4 is 10.3 Å². The van der Waals surface area contributed by atoms with E-state index in [1.165, 1.54) is 6.20 Å². The highest BCUT2D eigenvalue weighted by Gasteiger charge is 2.35. The number of carbonyl (C=O) groups excluding carboxylic acids is 1. The Kier molecular flexibility index (Phi) is 6.03. The van der Waals surface area contributed by atoms with Gasteiger partial charge in [-0.05, 0) is 58.9 Å². The third-order valence-electron chi connectivity index (χ3n) is 6.61. The number of pyridine rings is 2. The van der Waals surface area contributed by atoms with Gasteiger partial charge in [-0.15, -0.1) is 0 Å². The second-order valence-corrected chi connectivity index (χ2v) is 10.3. The van der Waals surface area contributed by atoms with Crippen molar-refractivity contribution in [3.8, 4) is 0 Å². The first-order valence-corrected chi connectivity index (χ1v) is 11.6. The van der Waals surface area contributed by atoms with Gasteiger partial charge in [-0.25, -0.2) is 19.0 Å². The smallest absolute Gasteiger partial charge is 0.410 e. The van der Waals surface area contributed by atoms with Crippen LogP contribution in [0, 0.1) is 11.7 Å². The molecular formula is C24H31FN4O5. The standard InChI is InChI=1S/C24H31FN4O5/c1-13(27(5)23(33)34-24(2,3)4)14-8-9-28(11-14)21-18(25)10-16-19(30)17(22(31)32)12-29(15-6-7-15)20(16)26-21/h10,12-15H,6-9,11H2,1-5H3,(H,31,32)/t13-,14-/m1/s1. The maximum absolute atomic E-state index is 15.1. The molecule has 0 bridgehead atoms. The Morgan fingerprint density at radius 2 is 1.97 bits per heavy atom. The van der Waals surface area contributed by atoms with Gasteiger partial charge in [0, 0.05) is 38.4 Å². The Morgan fingerprint density at radius 3 is 2.56 bits per heavy atom. The van der Waals surface area contributed by atoms with E-state index in [1.54, 1.807) is 16.5 Å². The normalized spacial score (nSPS) is 19.4. The highest BCUT2D eigenvalue weighted by atomic mass is 19.1. The van der Waals surface area contributed by atoms with Crippen molar-refractivity contribution in [3.63, 3.8) is 0 Å². The summed E-state index contributed by atoms with van der Waals surface area (Å²) >= 11 is 0. The average molecular weight is 475 g/mol. The Labute approximate surface area is 197 Å². The van der Waals surface area contributed by atoms with Gasteiger partial charge in [-0.2, -0.15) is 0 Å². The molecule has 1 amide bonds. The van der Waals surface area contributed by atoms with Crippen molar-refractivity contribution in [2.75, 3.05) is 25.0 Å². The fourth-order valence-corrected chi connectivity index (χ4v) is 4.43. The van der Waals surface area contributed by atoms with E-state index >= 15 is 4.39 Å². The van der Waals surface area contributed by atoms with Crippen LogP contribution in [0.5, 0.6) is 0 Å². The highest BCUT2D eigenvalue weighted by molar-refractivity contribution is 5.92. The molecule has 2 atom stereocenters. The molecule has 1 saturated carbocycles. The molecule has 2 aliphatic rings. The minimum absolute atomic E-state index is 0.0261. The minimum Gasteiger partial charge on any atom is -0.477 e. The molecule has 0 aromatic carbocycles. The Morgan fingerprint density at radius 1 is 1.29 bits per heavy atom. The number of carboxylic acids is 1. The summed E-state index contributed by atoms with van der Waals surface area (Å²) in [5, 5.41) is 9.38. The molecule has 2 aromatic rings. The van der Waals surface area contributed by atoms with Crippen molar-refractivity contribution < 1.29 is 23.8 Å². The molecular weight excluding hydrogens is 443 g/mol. The van der Waals surface area contributed by atoms with E-state index in [9.17, 15) is 19.5 Å². The first-order valence-electron chi connectivity index (χ1n) is 11.6. The van der Waals surface area contributed by atoms with Crippen molar-refractivity contribution in [2.45, 2.75) is 64.6 Å². The van der Waals surface area contributed by atoms with Gasteiger partial charge in [0.1, 0.15) is 16.8 Å². The number of rotatable bonds is 5. The summed E-state index contributed by atoms with van der Waals surface area (Å²) in [5.41, 5.74) is -1.41. The molecule has 1 saturated heterocycles. The molecule has 0 spiro atoms. The van der Waals surface area contributed by atoms with Crippen molar-refractivity contribution in [3.05, 3.63) is 33.9 Å². The van der Waals surface area contributed by atoms with E-state index in [1.807, 2.05) is 32.6 Å². The van der Waals surface area contributed by atoms with Gasteiger partial charge in [0.05, 0.1) is 5.39 Å². The lowest BCUT2D eigenvalue weighted by Crippen LogP contribution is -2.43. The largest absolute Gasteiger partial charge is 0.477 e. The van der Waals surface area contributed by atoms with Gasteiger partial charge >= 0.3 is 12.1 Å². The molecule has 2 fully saturated rings. The van der Waals surface area contributed by atoms with Crippen LogP contribution in [0.4, 0.5) is 15.0 Å². The topological polar surface area (TPSA) is 105 Å². The number of aromatic nitrogens is 2. The lowest BCUT2D eigenvalue weighted by molar-refractivity contribution is 0.0192. The summed E-state index contributed by atoms with van der Waals surface area (Å²) in [6, 6.07) is 1.03. The lowest BCUT2D eigenvalue weighted by Gasteiger charge is -2.32. The molecule has 1 aliphatic heterocycles. The van der Waals surface area contributed by atoms with Crippen LogP contribution in [0.15, 0.2) is 17.1 Å². The van der Waals surface area contributed by atoms with Gasteiger partial charge in [0.25, 0.3) is 0 Å². The van der Waals surface area contributed by atoms with E-state index < -0.39 is 28.9 Å².